The van der Waals surface area contributed by atoms with Gasteiger partial charge in [-0.25, -0.2) is 0 Å². The van der Waals surface area contributed by atoms with Crippen molar-refractivity contribution in [1.29, 1.82) is 0 Å². The number of hydrogen-bond donors (Lipinski definition) is 0. The zero-order chi connectivity index (χ0) is 25.1. The fourth-order valence-electron chi connectivity index (χ4n) is 6.65. The van der Waals surface area contributed by atoms with Crippen molar-refractivity contribution >= 4 is 24.0 Å². The van der Waals surface area contributed by atoms with Gasteiger partial charge in [-0.1, -0.05) is 64.6 Å². The van der Waals surface area contributed by atoms with Gasteiger partial charge in [0.1, 0.15) is 17.2 Å². The van der Waals surface area contributed by atoms with Crippen molar-refractivity contribution in [3.63, 3.8) is 0 Å². The monoisotopic (exact) mass is 504 g/mol. The maximum absolute atomic E-state index is 6.40. The molecule has 0 atom stereocenters. The predicted octanol–water partition coefficient (Wildman–Crippen LogP) is 8.61. The molecular weight excluding hydrogens is 463 g/mol. The molecule has 0 bridgehead atoms. The van der Waals surface area contributed by atoms with Crippen LogP contribution in [-0.2, 0) is 0 Å². The topological polar surface area (TPSA) is 27.7 Å². The molecule has 192 valence electrons. The van der Waals surface area contributed by atoms with Gasteiger partial charge in [-0.3, -0.25) is 0 Å². The van der Waals surface area contributed by atoms with Crippen LogP contribution in [0.15, 0.2) is 42.5 Å². The zero-order valence-corrected chi connectivity index (χ0v) is 23.3. The zero-order valence-electron chi connectivity index (χ0n) is 22.4. The highest BCUT2D eigenvalue weighted by molar-refractivity contribution is 7.67. The quantitative estimate of drug-likeness (QED) is 0.302. The standard InChI is InChI=1S/C32H41O3P/c1-22-15-16-23-21-24(33-2)17-18-27(23)30(22)28-19-20-29(34-3)32(31(28)35-4)36(25-11-7-5-8-12-25)26-13-9-6-10-14-26/h15-21,25-26H,5-14H2,1-4H3. The van der Waals surface area contributed by atoms with Crippen molar-refractivity contribution < 1.29 is 14.2 Å². The van der Waals surface area contributed by atoms with E-state index in [9.17, 15) is 0 Å². The van der Waals surface area contributed by atoms with Gasteiger partial charge in [0.25, 0.3) is 0 Å². The number of ether oxygens (including phenoxy) is 3. The van der Waals surface area contributed by atoms with Gasteiger partial charge in [0.15, 0.2) is 0 Å². The lowest BCUT2D eigenvalue weighted by molar-refractivity contribution is 0.401. The Morgan fingerprint density at radius 2 is 1.36 bits per heavy atom. The van der Waals surface area contributed by atoms with Crippen LogP contribution >= 0.6 is 7.92 Å². The molecule has 5 rings (SSSR count). The Kier molecular flexibility index (Phi) is 8.06. The van der Waals surface area contributed by atoms with Crippen LogP contribution in [0.4, 0.5) is 0 Å². The maximum Gasteiger partial charge on any atom is 0.138 e. The van der Waals surface area contributed by atoms with E-state index in [0.29, 0.717) is 0 Å². The first-order valence-corrected chi connectivity index (χ1v) is 15.2. The summed E-state index contributed by atoms with van der Waals surface area (Å²) in [5.74, 6) is 2.96. The summed E-state index contributed by atoms with van der Waals surface area (Å²) in [5.41, 5.74) is 5.26. The Labute approximate surface area is 218 Å². The van der Waals surface area contributed by atoms with Gasteiger partial charge in [-0.2, -0.15) is 0 Å². The molecule has 3 aromatic rings. The first-order chi connectivity index (χ1) is 17.7. The van der Waals surface area contributed by atoms with Crippen molar-refractivity contribution in [1.82, 2.24) is 0 Å². The minimum Gasteiger partial charge on any atom is -0.497 e. The van der Waals surface area contributed by atoms with Crippen LogP contribution in [0.5, 0.6) is 17.2 Å². The molecule has 0 N–H and O–H groups in total. The van der Waals surface area contributed by atoms with Crippen molar-refractivity contribution in [3.05, 3.63) is 48.0 Å². The molecule has 0 heterocycles. The van der Waals surface area contributed by atoms with Gasteiger partial charge in [-0.15, -0.1) is 0 Å². The molecule has 0 spiro atoms. The fourth-order valence-corrected chi connectivity index (χ4v) is 10.7. The van der Waals surface area contributed by atoms with E-state index in [-0.39, 0.29) is 7.92 Å². The molecule has 2 saturated carbocycles. The number of benzene rings is 3. The normalized spacial score (nSPS) is 17.5. The Balaban J connectivity index is 1.73. The van der Waals surface area contributed by atoms with Gasteiger partial charge in [0, 0.05) is 5.56 Å². The molecule has 0 unspecified atom stereocenters. The maximum atomic E-state index is 6.40. The highest BCUT2D eigenvalue weighted by atomic mass is 31.1. The van der Waals surface area contributed by atoms with Gasteiger partial charge in [0.05, 0.1) is 26.6 Å². The molecule has 0 aliphatic heterocycles. The Bertz CT molecular complexity index is 1170. The molecule has 0 aromatic heterocycles. The SMILES string of the molecule is COc1ccc2c(-c3ccc(OC)c(P(C4CCCCC4)C4CCCCC4)c3OC)c(C)ccc2c1. The summed E-state index contributed by atoms with van der Waals surface area (Å²) >= 11 is 0. The molecule has 36 heavy (non-hydrogen) atoms. The van der Waals surface area contributed by atoms with Gasteiger partial charge >= 0.3 is 0 Å². The first kappa shape index (κ1) is 25.4. The van der Waals surface area contributed by atoms with E-state index in [4.69, 9.17) is 14.2 Å². The van der Waals surface area contributed by atoms with E-state index < -0.39 is 0 Å². The number of aryl methyl sites for hydroxylation is 1. The average Bonchev–Trinajstić information content (AvgIpc) is 2.94. The predicted molar refractivity (Wildman–Crippen MR) is 154 cm³/mol. The highest BCUT2D eigenvalue weighted by Gasteiger charge is 2.37. The van der Waals surface area contributed by atoms with E-state index in [1.54, 1.807) is 7.11 Å². The van der Waals surface area contributed by atoms with Crippen LogP contribution in [0.3, 0.4) is 0 Å². The Hall–Kier alpha value is -2.25. The Morgan fingerprint density at radius 1 is 0.694 bits per heavy atom. The molecule has 0 radical (unpaired) electrons. The van der Waals surface area contributed by atoms with E-state index in [1.807, 2.05) is 14.2 Å². The van der Waals surface area contributed by atoms with Gasteiger partial charge in [-0.05, 0) is 90.1 Å². The fraction of sp³-hybridized carbons (Fsp3) is 0.500. The van der Waals surface area contributed by atoms with E-state index in [2.05, 4.69) is 49.4 Å². The third-order valence-electron chi connectivity index (χ3n) is 8.42. The summed E-state index contributed by atoms with van der Waals surface area (Å²) in [6.07, 6.45) is 13.6. The number of hydrogen-bond acceptors (Lipinski definition) is 3. The van der Waals surface area contributed by atoms with Crippen LogP contribution in [0.1, 0.15) is 69.8 Å². The first-order valence-electron chi connectivity index (χ1n) is 13.8. The summed E-state index contributed by atoms with van der Waals surface area (Å²) in [7, 11) is 5.05. The van der Waals surface area contributed by atoms with Crippen LogP contribution in [-0.4, -0.2) is 32.6 Å². The highest BCUT2D eigenvalue weighted by Crippen LogP contribution is 2.59. The van der Waals surface area contributed by atoms with Crippen LogP contribution in [0, 0.1) is 6.92 Å². The summed E-state index contributed by atoms with van der Waals surface area (Å²) < 4.78 is 18.0. The van der Waals surface area contributed by atoms with Crippen molar-refractivity contribution in [2.75, 3.05) is 21.3 Å². The van der Waals surface area contributed by atoms with Crippen molar-refractivity contribution in [2.45, 2.75) is 82.4 Å². The molecular formula is C32H41O3P. The summed E-state index contributed by atoms with van der Waals surface area (Å²) in [5, 5.41) is 3.82. The van der Waals surface area contributed by atoms with Crippen LogP contribution in [0.25, 0.3) is 21.9 Å². The van der Waals surface area contributed by atoms with Crippen molar-refractivity contribution in [3.8, 4) is 28.4 Å². The second-order valence-electron chi connectivity index (χ2n) is 10.5. The molecule has 2 aliphatic carbocycles. The smallest absolute Gasteiger partial charge is 0.138 e. The second kappa shape index (κ2) is 11.4. The molecule has 2 fully saturated rings. The van der Waals surface area contributed by atoms with E-state index in [1.165, 1.54) is 97.0 Å². The van der Waals surface area contributed by atoms with Crippen LogP contribution in [0.2, 0.25) is 0 Å². The van der Waals surface area contributed by atoms with Gasteiger partial charge < -0.3 is 14.2 Å². The molecule has 4 heteroatoms. The molecule has 0 amide bonds. The Morgan fingerprint density at radius 3 is 1.94 bits per heavy atom. The molecule has 2 aliphatic rings. The van der Waals surface area contributed by atoms with E-state index in [0.717, 1.165) is 28.6 Å². The second-order valence-corrected chi connectivity index (χ2v) is 13.3. The third kappa shape index (κ3) is 4.84. The molecule has 3 aromatic carbocycles. The largest absolute Gasteiger partial charge is 0.497 e. The minimum atomic E-state index is -0.383. The summed E-state index contributed by atoms with van der Waals surface area (Å²) in [6, 6.07) is 15.3. The minimum absolute atomic E-state index is 0.383. The number of rotatable bonds is 7. The number of methoxy groups -OCH3 is 3. The van der Waals surface area contributed by atoms with Gasteiger partial charge in [0.2, 0.25) is 0 Å². The number of fused-ring (bicyclic) bond motifs is 1. The summed E-state index contributed by atoms with van der Waals surface area (Å²) in [4.78, 5) is 0. The average molecular weight is 505 g/mol. The molecule has 3 nitrogen and oxygen atoms in total. The third-order valence-corrected chi connectivity index (χ3v) is 12.0. The van der Waals surface area contributed by atoms with Crippen LogP contribution < -0.4 is 19.5 Å². The lowest BCUT2D eigenvalue weighted by Crippen LogP contribution is -2.28. The lowest BCUT2D eigenvalue weighted by Gasteiger charge is -2.40. The summed E-state index contributed by atoms with van der Waals surface area (Å²) in [6.45, 7) is 2.22. The van der Waals surface area contributed by atoms with Crippen molar-refractivity contribution in [2.24, 2.45) is 0 Å². The molecule has 0 saturated heterocycles. The van der Waals surface area contributed by atoms with E-state index >= 15 is 0 Å². The lowest BCUT2D eigenvalue weighted by atomic mass is 9.93.